The molecule has 0 saturated carbocycles. The number of H-pyrrole nitrogens is 1. The third-order valence-corrected chi connectivity index (χ3v) is 5.45. The molecular weight excluding hydrogens is 397 g/mol. The van der Waals surface area contributed by atoms with Gasteiger partial charge in [0.15, 0.2) is 0 Å². The van der Waals surface area contributed by atoms with Gasteiger partial charge in [-0.15, -0.1) is 0 Å². The number of halogens is 3. The van der Waals surface area contributed by atoms with E-state index in [1.165, 1.54) is 12.1 Å². The van der Waals surface area contributed by atoms with Crippen molar-refractivity contribution in [1.82, 2.24) is 9.97 Å². The number of alkyl halides is 3. The molecule has 1 aliphatic heterocycles. The number of piperidine rings is 1. The van der Waals surface area contributed by atoms with Crippen molar-refractivity contribution < 1.29 is 23.1 Å². The monoisotopic (exact) mass is 418 g/mol. The number of carbonyl (C=O) groups excluding carboxylic acids is 1. The van der Waals surface area contributed by atoms with Gasteiger partial charge in [0.2, 0.25) is 5.91 Å². The first-order chi connectivity index (χ1) is 14.2. The first-order valence-corrected chi connectivity index (χ1v) is 9.59. The Morgan fingerprint density at radius 3 is 2.53 bits per heavy atom. The molecule has 1 fully saturated rings. The van der Waals surface area contributed by atoms with Crippen LogP contribution >= 0.6 is 0 Å². The summed E-state index contributed by atoms with van der Waals surface area (Å²) in [6.45, 7) is 0.907. The number of hydrogen-bond acceptors (Lipinski definition) is 4. The van der Waals surface area contributed by atoms with Crippen LogP contribution in [0.3, 0.4) is 0 Å². The van der Waals surface area contributed by atoms with Crippen molar-refractivity contribution in [2.75, 3.05) is 23.3 Å². The zero-order chi connectivity index (χ0) is 21.4. The number of carbonyl (C=O) groups is 1. The summed E-state index contributed by atoms with van der Waals surface area (Å²) < 4.78 is 38.1. The number of aliphatic hydroxyl groups is 1. The molecular formula is C21H21F3N4O2. The Hall–Kier alpha value is -3.07. The smallest absolute Gasteiger partial charge is 0.389 e. The highest BCUT2D eigenvalue weighted by Crippen LogP contribution is 2.33. The molecule has 3 N–H and O–H groups in total. The van der Waals surface area contributed by atoms with Crippen LogP contribution < -0.4 is 10.2 Å². The first kappa shape index (κ1) is 20.2. The second kappa shape index (κ2) is 7.64. The van der Waals surface area contributed by atoms with E-state index in [2.05, 4.69) is 15.3 Å². The second-order valence-corrected chi connectivity index (χ2v) is 7.62. The summed E-state index contributed by atoms with van der Waals surface area (Å²) >= 11 is 0. The average molecular weight is 418 g/mol. The molecule has 30 heavy (non-hydrogen) atoms. The third kappa shape index (κ3) is 4.40. The average Bonchev–Trinajstić information content (AvgIpc) is 3.15. The van der Waals surface area contributed by atoms with Crippen molar-refractivity contribution in [2.45, 2.75) is 31.0 Å². The molecule has 0 spiro atoms. The molecule has 2 aromatic carbocycles. The lowest BCUT2D eigenvalue weighted by Gasteiger charge is -2.39. The van der Waals surface area contributed by atoms with Gasteiger partial charge in [-0.25, -0.2) is 4.98 Å². The van der Waals surface area contributed by atoms with Gasteiger partial charge in [0.05, 0.1) is 34.9 Å². The van der Waals surface area contributed by atoms with Crippen LogP contribution in [0.1, 0.15) is 24.8 Å². The molecule has 9 heteroatoms. The van der Waals surface area contributed by atoms with Crippen molar-refractivity contribution in [1.29, 1.82) is 0 Å². The van der Waals surface area contributed by atoms with Crippen molar-refractivity contribution >= 4 is 28.3 Å². The molecule has 0 bridgehead atoms. The predicted molar refractivity (Wildman–Crippen MR) is 107 cm³/mol. The van der Waals surface area contributed by atoms with Gasteiger partial charge >= 0.3 is 6.18 Å². The van der Waals surface area contributed by atoms with E-state index in [4.69, 9.17) is 0 Å². The van der Waals surface area contributed by atoms with Gasteiger partial charge in [0.1, 0.15) is 0 Å². The van der Waals surface area contributed by atoms with Gasteiger partial charge in [-0.2, -0.15) is 13.2 Å². The fourth-order valence-electron chi connectivity index (χ4n) is 3.74. The minimum atomic E-state index is -4.37. The van der Waals surface area contributed by atoms with Crippen molar-refractivity contribution in [3.05, 3.63) is 54.4 Å². The number of benzene rings is 2. The standard InChI is InChI=1S/C21H21F3N4O2/c22-21(23,24)14-1-4-16(5-2-14)28-9-7-20(30,8-10-28)12-19(29)27-15-3-6-17-18(11-15)26-13-25-17/h1-6,11,13,30H,7-10,12H2,(H,25,26)(H,27,29). The number of fused-ring (bicyclic) bond motifs is 1. The molecule has 0 radical (unpaired) electrons. The van der Waals surface area contributed by atoms with Crippen LogP contribution in [0, 0.1) is 0 Å². The molecule has 158 valence electrons. The number of anilines is 2. The van der Waals surface area contributed by atoms with Crippen LogP contribution in [0.25, 0.3) is 11.0 Å². The SMILES string of the molecule is O=C(CC1(O)CCN(c2ccc(C(F)(F)F)cc2)CC1)Nc1ccc2nc[nH]c2c1. The number of imidazole rings is 1. The summed E-state index contributed by atoms with van der Waals surface area (Å²) in [5.41, 5.74) is 1.04. The van der Waals surface area contributed by atoms with Crippen molar-refractivity contribution in [3.63, 3.8) is 0 Å². The molecule has 0 aliphatic carbocycles. The summed E-state index contributed by atoms with van der Waals surface area (Å²) in [6.07, 6.45) is -2.14. The number of aromatic amines is 1. The molecule has 6 nitrogen and oxygen atoms in total. The summed E-state index contributed by atoms with van der Waals surface area (Å²) in [6, 6.07) is 10.3. The van der Waals surface area contributed by atoms with E-state index >= 15 is 0 Å². The van der Waals surface area contributed by atoms with Gasteiger partial charge in [-0.3, -0.25) is 4.79 Å². The zero-order valence-electron chi connectivity index (χ0n) is 16.0. The maximum Gasteiger partial charge on any atom is 0.416 e. The maximum atomic E-state index is 12.7. The maximum absolute atomic E-state index is 12.7. The minimum Gasteiger partial charge on any atom is -0.389 e. The number of hydrogen-bond donors (Lipinski definition) is 3. The second-order valence-electron chi connectivity index (χ2n) is 7.62. The Bertz CT molecular complexity index is 1040. The topological polar surface area (TPSA) is 81.2 Å². The van der Waals surface area contributed by atoms with Crippen LogP contribution in [0.15, 0.2) is 48.8 Å². The largest absolute Gasteiger partial charge is 0.416 e. The minimum absolute atomic E-state index is 0.0468. The van der Waals surface area contributed by atoms with Crippen molar-refractivity contribution in [2.24, 2.45) is 0 Å². The number of rotatable bonds is 4. The van der Waals surface area contributed by atoms with E-state index < -0.39 is 17.3 Å². The summed E-state index contributed by atoms with van der Waals surface area (Å²) in [5.74, 6) is -0.292. The van der Waals surface area contributed by atoms with E-state index in [0.29, 0.717) is 37.3 Å². The van der Waals surface area contributed by atoms with Gasteiger partial charge in [0.25, 0.3) is 0 Å². The van der Waals surface area contributed by atoms with Gasteiger partial charge in [-0.05, 0) is 55.3 Å². The quantitative estimate of drug-likeness (QED) is 0.600. The molecule has 1 aromatic heterocycles. The number of aromatic nitrogens is 2. The zero-order valence-corrected chi connectivity index (χ0v) is 16.0. The third-order valence-electron chi connectivity index (χ3n) is 5.45. The van der Waals surface area contributed by atoms with E-state index in [9.17, 15) is 23.1 Å². The Balaban J connectivity index is 1.33. The summed E-state index contributed by atoms with van der Waals surface area (Å²) in [4.78, 5) is 21.4. The lowest BCUT2D eigenvalue weighted by Crippen LogP contribution is -2.46. The Morgan fingerprint density at radius 1 is 1.17 bits per heavy atom. The molecule has 2 heterocycles. The Labute approximate surface area is 170 Å². The first-order valence-electron chi connectivity index (χ1n) is 9.59. The highest BCUT2D eigenvalue weighted by molar-refractivity contribution is 5.93. The van der Waals surface area contributed by atoms with Crippen molar-refractivity contribution in [3.8, 4) is 0 Å². The van der Waals surface area contributed by atoms with Gasteiger partial charge < -0.3 is 20.3 Å². The van der Waals surface area contributed by atoms with Gasteiger partial charge in [0, 0.05) is 24.5 Å². The highest BCUT2D eigenvalue weighted by atomic mass is 19.4. The lowest BCUT2D eigenvalue weighted by molar-refractivity contribution is -0.137. The fourth-order valence-corrected chi connectivity index (χ4v) is 3.74. The Kier molecular flexibility index (Phi) is 5.15. The van der Waals surface area contributed by atoms with E-state index in [1.807, 2.05) is 4.90 Å². The van der Waals surface area contributed by atoms with E-state index in [1.54, 1.807) is 24.5 Å². The highest BCUT2D eigenvalue weighted by Gasteiger charge is 2.35. The molecule has 0 unspecified atom stereocenters. The number of amides is 1. The number of nitrogens with zero attached hydrogens (tertiary/aromatic N) is 2. The fraction of sp³-hybridized carbons (Fsp3) is 0.333. The molecule has 1 saturated heterocycles. The summed E-state index contributed by atoms with van der Waals surface area (Å²) in [5, 5.41) is 13.6. The molecule has 3 aromatic rings. The summed E-state index contributed by atoms with van der Waals surface area (Å²) in [7, 11) is 0. The van der Waals surface area contributed by atoms with Crippen LogP contribution in [-0.2, 0) is 11.0 Å². The van der Waals surface area contributed by atoms with E-state index in [0.717, 1.165) is 23.2 Å². The molecule has 1 amide bonds. The number of nitrogens with one attached hydrogen (secondary N) is 2. The van der Waals surface area contributed by atoms with Crippen LogP contribution in [0.2, 0.25) is 0 Å². The van der Waals surface area contributed by atoms with Crippen LogP contribution in [-0.4, -0.2) is 39.7 Å². The lowest BCUT2D eigenvalue weighted by atomic mass is 9.87. The van der Waals surface area contributed by atoms with Crippen LogP contribution in [0.4, 0.5) is 24.5 Å². The molecule has 0 atom stereocenters. The van der Waals surface area contributed by atoms with Crippen LogP contribution in [0.5, 0.6) is 0 Å². The Morgan fingerprint density at radius 2 is 1.87 bits per heavy atom. The molecule has 4 rings (SSSR count). The van der Waals surface area contributed by atoms with Gasteiger partial charge in [-0.1, -0.05) is 0 Å². The normalized spacial score (nSPS) is 16.6. The molecule has 1 aliphatic rings. The van der Waals surface area contributed by atoms with E-state index in [-0.39, 0.29) is 12.3 Å². The predicted octanol–water partition coefficient (Wildman–Crippen LogP) is 3.94.